The van der Waals surface area contributed by atoms with Crippen LogP contribution in [-0.4, -0.2) is 6.10 Å². The molecule has 0 spiro atoms. The summed E-state index contributed by atoms with van der Waals surface area (Å²) >= 11 is 5.81. The zero-order valence-corrected chi connectivity index (χ0v) is 8.42. The van der Waals surface area contributed by atoms with E-state index in [2.05, 4.69) is 6.92 Å². The minimum absolute atomic E-state index is 0.285. The van der Waals surface area contributed by atoms with Crippen LogP contribution < -0.4 is 0 Å². The Kier molecular flexibility index (Phi) is 2.56. The van der Waals surface area contributed by atoms with Crippen LogP contribution in [0, 0.1) is 0 Å². The molecule has 0 saturated carbocycles. The van der Waals surface area contributed by atoms with Crippen molar-refractivity contribution in [1.29, 1.82) is 0 Å². The predicted molar refractivity (Wildman–Crippen MR) is 54.0 cm³/mol. The topological polar surface area (TPSA) is 9.23 Å². The van der Waals surface area contributed by atoms with E-state index in [9.17, 15) is 0 Å². The lowest BCUT2D eigenvalue weighted by Crippen LogP contribution is -2.00. The van der Waals surface area contributed by atoms with Gasteiger partial charge in [0.2, 0.25) is 0 Å². The van der Waals surface area contributed by atoms with Crippen molar-refractivity contribution in [3.63, 3.8) is 0 Å². The first-order valence-corrected chi connectivity index (χ1v) is 5.04. The summed E-state index contributed by atoms with van der Waals surface area (Å²) in [6, 6.07) is 7.93. The Balaban J connectivity index is 2.13. The molecule has 1 aromatic rings. The molecule has 13 heavy (non-hydrogen) atoms. The Labute approximate surface area is 83.7 Å². The summed E-state index contributed by atoms with van der Waals surface area (Å²) in [6.07, 6.45) is 2.98. The average Bonchev–Trinajstić information content (AvgIpc) is 2.53. The lowest BCUT2D eigenvalue weighted by molar-refractivity contribution is 0.0556. The average molecular weight is 197 g/mol. The standard InChI is InChI=1S/C11H13ClO/c1-8-2-7-11(13-8)9-3-5-10(12)6-4-9/h3-6,8,11H,2,7H2,1H3/t8-,11+/m1/s1. The van der Waals surface area contributed by atoms with Crippen LogP contribution >= 0.6 is 11.6 Å². The van der Waals surface area contributed by atoms with Crippen LogP contribution in [0.1, 0.15) is 31.4 Å². The van der Waals surface area contributed by atoms with Gasteiger partial charge >= 0.3 is 0 Å². The van der Waals surface area contributed by atoms with E-state index in [1.807, 2.05) is 24.3 Å². The van der Waals surface area contributed by atoms with Crippen molar-refractivity contribution in [3.8, 4) is 0 Å². The van der Waals surface area contributed by atoms with Crippen molar-refractivity contribution in [2.45, 2.75) is 32.0 Å². The molecule has 70 valence electrons. The molecule has 2 atom stereocenters. The lowest BCUT2D eigenvalue weighted by atomic mass is 10.1. The molecule has 0 aromatic heterocycles. The normalized spacial score (nSPS) is 27.8. The Bertz CT molecular complexity index is 281. The third kappa shape index (κ3) is 2.04. The maximum absolute atomic E-state index is 5.81. The van der Waals surface area contributed by atoms with Crippen LogP contribution in [0.3, 0.4) is 0 Å². The van der Waals surface area contributed by atoms with E-state index < -0.39 is 0 Å². The zero-order valence-electron chi connectivity index (χ0n) is 7.66. The van der Waals surface area contributed by atoms with Gasteiger partial charge in [-0.05, 0) is 37.5 Å². The molecule has 2 rings (SSSR count). The first-order valence-electron chi connectivity index (χ1n) is 4.66. The molecule has 1 nitrogen and oxygen atoms in total. The highest BCUT2D eigenvalue weighted by Crippen LogP contribution is 2.32. The minimum atomic E-state index is 0.285. The van der Waals surface area contributed by atoms with Crippen LogP contribution in [0.2, 0.25) is 5.02 Å². The molecule has 1 fully saturated rings. The molecule has 0 N–H and O–H groups in total. The van der Waals surface area contributed by atoms with Gasteiger partial charge in [0.05, 0.1) is 12.2 Å². The highest BCUT2D eigenvalue weighted by atomic mass is 35.5. The van der Waals surface area contributed by atoms with Crippen LogP contribution in [0.4, 0.5) is 0 Å². The second kappa shape index (κ2) is 3.69. The van der Waals surface area contributed by atoms with Gasteiger partial charge in [-0.25, -0.2) is 0 Å². The molecule has 1 saturated heterocycles. The van der Waals surface area contributed by atoms with Crippen molar-refractivity contribution < 1.29 is 4.74 Å². The van der Waals surface area contributed by atoms with Gasteiger partial charge in [-0.3, -0.25) is 0 Å². The van der Waals surface area contributed by atoms with E-state index in [1.165, 1.54) is 5.56 Å². The van der Waals surface area contributed by atoms with E-state index in [-0.39, 0.29) is 6.10 Å². The van der Waals surface area contributed by atoms with Crippen molar-refractivity contribution in [3.05, 3.63) is 34.9 Å². The third-order valence-corrected chi connectivity index (χ3v) is 2.73. The maximum Gasteiger partial charge on any atom is 0.0829 e. The largest absolute Gasteiger partial charge is 0.371 e. The smallest absolute Gasteiger partial charge is 0.0829 e. The van der Waals surface area contributed by atoms with Crippen molar-refractivity contribution in [1.82, 2.24) is 0 Å². The van der Waals surface area contributed by atoms with Gasteiger partial charge in [0, 0.05) is 5.02 Å². The second-order valence-electron chi connectivity index (χ2n) is 3.56. The molecule has 0 bridgehead atoms. The van der Waals surface area contributed by atoms with Crippen molar-refractivity contribution in [2.75, 3.05) is 0 Å². The summed E-state index contributed by atoms with van der Waals surface area (Å²) in [4.78, 5) is 0. The zero-order chi connectivity index (χ0) is 9.26. The molecule has 1 aliphatic heterocycles. The molecule has 0 amide bonds. The third-order valence-electron chi connectivity index (χ3n) is 2.47. The summed E-state index contributed by atoms with van der Waals surface area (Å²) < 4.78 is 5.74. The fraction of sp³-hybridized carbons (Fsp3) is 0.455. The van der Waals surface area contributed by atoms with Gasteiger partial charge in [-0.1, -0.05) is 23.7 Å². The van der Waals surface area contributed by atoms with E-state index in [0.717, 1.165) is 17.9 Å². The second-order valence-corrected chi connectivity index (χ2v) is 4.00. The first-order chi connectivity index (χ1) is 6.25. The monoisotopic (exact) mass is 196 g/mol. The highest BCUT2D eigenvalue weighted by Gasteiger charge is 2.22. The molecule has 0 aliphatic carbocycles. The number of halogens is 1. The van der Waals surface area contributed by atoms with Gasteiger partial charge in [0.1, 0.15) is 0 Å². The predicted octanol–water partition coefficient (Wildman–Crippen LogP) is 3.58. The molecular formula is C11H13ClO. The summed E-state index contributed by atoms with van der Waals surface area (Å²) in [6.45, 7) is 2.12. The summed E-state index contributed by atoms with van der Waals surface area (Å²) in [7, 11) is 0. The summed E-state index contributed by atoms with van der Waals surface area (Å²) in [5, 5.41) is 0.787. The summed E-state index contributed by atoms with van der Waals surface area (Å²) in [5.74, 6) is 0. The van der Waals surface area contributed by atoms with Gasteiger partial charge in [0.15, 0.2) is 0 Å². The SMILES string of the molecule is C[C@@H]1CC[C@@H](c2ccc(Cl)cc2)O1. The molecular weight excluding hydrogens is 184 g/mol. The number of ether oxygens (including phenoxy) is 1. The van der Waals surface area contributed by atoms with Gasteiger partial charge in [-0.15, -0.1) is 0 Å². The highest BCUT2D eigenvalue weighted by molar-refractivity contribution is 6.30. The number of hydrogen-bond donors (Lipinski definition) is 0. The number of hydrogen-bond acceptors (Lipinski definition) is 1. The molecule has 0 unspecified atom stereocenters. The summed E-state index contributed by atoms with van der Waals surface area (Å²) in [5.41, 5.74) is 1.24. The van der Waals surface area contributed by atoms with E-state index in [1.54, 1.807) is 0 Å². The van der Waals surface area contributed by atoms with Crippen LogP contribution in [0.15, 0.2) is 24.3 Å². The number of benzene rings is 1. The Morgan fingerprint density at radius 1 is 1.23 bits per heavy atom. The van der Waals surface area contributed by atoms with E-state index >= 15 is 0 Å². The van der Waals surface area contributed by atoms with Gasteiger partial charge < -0.3 is 4.74 Å². The van der Waals surface area contributed by atoms with Crippen molar-refractivity contribution >= 4 is 11.6 Å². The first kappa shape index (κ1) is 9.04. The van der Waals surface area contributed by atoms with Gasteiger partial charge in [-0.2, -0.15) is 0 Å². The minimum Gasteiger partial charge on any atom is -0.371 e. The Morgan fingerprint density at radius 3 is 2.46 bits per heavy atom. The van der Waals surface area contributed by atoms with Crippen LogP contribution in [-0.2, 0) is 4.74 Å². The molecule has 1 heterocycles. The molecule has 1 aliphatic rings. The molecule has 1 aromatic carbocycles. The van der Waals surface area contributed by atoms with E-state index in [4.69, 9.17) is 16.3 Å². The fourth-order valence-corrected chi connectivity index (χ4v) is 1.85. The molecule has 0 radical (unpaired) electrons. The van der Waals surface area contributed by atoms with E-state index in [0.29, 0.717) is 6.10 Å². The van der Waals surface area contributed by atoms with Crippen LogP contribution in [0.5, 0.6) is 0 Å². The van der Waals surface area contributed by atoms with Crippen molar-refractivity contribution in [2.24, 2.45) is 0 Å². The molecule has 2 heteroatoms. The van der Waals surface area contributed by atoms with Crippen LogP contribution in [0.25, 0.3) is 0 Å². The Morgan fingerprint density at radius 2 is 1.92 bits per heavy atom. The quantitative estimate of drug-likeness (QED) is 0.667. The Hall–Kier alpha value is -0.530. The number of rotatable bonds is 1. The maximum atomic E-state index is 5.81. The fourth-order valence-electron chi connectivity index (χ4n) is 1.73. The van der Waals surface area contributed by atoms with Gasteiger partial charge in [0.25, 0.3) is 0 Å². The lowest BCUT2D eigenvalue weighted by Gasteiger charge is -2.10.